The molecule has 0 bridgehead atoms. The van der Waals surface area contributed by atoms with Gasteiger partial charge in [-0.15, -0.1) is 0 Å². The average molecular weight is 297 g/mol. The molecule has 2 aromatic rings. The number of benzene rings is 2. The Labute approximate surface area is 131 Å². The molecular weight excluding hydrogens is 274 g/mol. The van der Waals surface area contributed by atoms with Gasteiger partial charge in [-0.25, -0.2) is 0 Å². The Balaban J connectivity index is 1.90. The van der Waals surface area contributed by atoms with Crippen molar-refractivity contribution in [2.75, 3.05) is 13.7 Å². The fraction of sp³-hybridized carbons (Fsp3) is 0.421. The molecule has 0 heterocycles. The summed E-state index contributed by atoms with van der Waals surface area (Å²) < 4.78 is 5.37. The molecule has 1 fully saturated rings. The Kier molecular flexibility index (Phi) is 4.06. The van der Waals surface area contributed by atoms with Crippen LogP contribution in [0.3, 0.4) is 0 Å². The number of ether oxygens (including phenoxy) is 1. The maximum absolute atomic E-state index is 11.8. The van der Waals surface area contributed by atoms with Crippen LogP contribution >= 0.6 is 0 Å². The summed E-state index contributed by atoms with van der Waals surface area (Å²) in [6.45, 7) is 2.77. The number of methoxy groups -OCH3 is 1. The second-order valence-electron chi connectivity index (χ2n) is 6.20. The van der Waals surface area contributed by atoms with E-state index in [1.165, 1.54) is 16.3 Å². The van der Waals surface area contributed by atoms with E-state index in [-0.39, 0.29) is 11.3 Å². The Morgan fingerprint density at radius 2 is 2.09 bits per heavy atom. The van der Waals surface area contributed by atoms with Crippen molar-refractivity contribution in [2.45, 2.75) is 38.0 Å². The SMILES string of the molecule is CCCC(=O)NCC1(c2cccc3ccc(OC)cc23)CC1. The molecule has 1 N–H and O–H groups in total. The number of hydrogen-bond donors (Lipinski definition) is 1. The number of rotatable bonds is 6. The molecule has 0 atom stereocenters. The van der Waals surface area contributed by atoms with Gasteiger partial charge < -0.3 is 10.1 Å². The van der Waals surface area contributed by atoms with Crippen molar-refractivity contribution in [3.63, 3.8) is 0 Å². The standard InChI is InChI=1S/C19H23NO2/c1-3-5-18(21)20-13-19(10-11-19)17-7-4-6-14-8-9-15(22-2)12-16(14)17/h4,6-9,12H,3,5,10-11,13H2,1-2H3,(H,20,21). The Morgan fingerprint density at radius 3 is 2.77 bits per heavy atom. The van der Waals surface area contributed by atoms with E-state index in [1.54, 1.807) is 7.11 Å². The molecule has 0 spiro atoms. The highest BCUT2D eigenvalue weighted by atomic mass is 16.5. The molecule has 1 saturated carbocycles. The summed E-state index contributed by atoms with van der Waals surface area (Å²) in [5, 5.41) is 5.57. The third kappa shape index (κ3) is 2.80. The molecule has 1 aliphatic carbocycles. The lowest BCUT2D eigenvalue weighted by atomic mass is 9.90. The van der Waals surface area contributed by atoms with E-state index in [4.69, 9.17) is 4.74 Å². The van der Waals surface area contributed by atoms with E-state index in [0.29, 0.717) is 6.42 Å². The van der Waals surface area contributed by atoms with Crippen LogP contribution < -0.4 is 10.1 Å². The normalized spacial score (nSPS) is 15.5. The predicted molar refractivity (Wildman–Crippen MR) is 89.3 cm³/mol. The van der Waals surface area contributed by atoms with Gasteiger partial charge in [0.15, 0.2) is 0 Å². The molecule has 2 aromatic carbocycles. The van der Waals surface area contributed by atoms with Crippen LogP contribution in [-0.2, 0) is 10.2 Å². The summed E-state index contributed by atoms with van der Waals surface area (Å²) in [5.41, 5.74) is 1.44. The van der Waals surface area contributed by atoms with Crippen LogP contribution in [0.5, 0.6) is 5.75 Å². The molecule has 3 rings (SSSR count). The molecule has 22 heavy (non-hydrogen) atoms. The monoisotopic (exact) mass is 297 g/mol. The van der Waals surface area contributed by atoms with Gasteiger partial charge in [0.1, 0.15) is 5.75 Å². The zero-order valence-corrected chi connectivity index (χ0v) is 13.3. The largest absolute Gasteiger partial charge is 0.497 e. The van der Waals surface area contributed by atoms with Crippen molar-refractivity contribution in [1.82, 2.24) is 5.32 Å². The highest BCUT2D eigenvalue weighted by molar-refractivity contribution is 5.88. The van der Waals surface area contributed by atoms with Crippen LogP contribution in [0.1, 0.15) is 38.2 Å². The average Bonchev–Trinajstić information content (AvgIpc) is 3.33. The van der Waals surface area contributed by atoms with E-state index in [0.717, 1.165) is 31.6 Å². The molecule has 0 aliphatic heterocycles. The first kappa shape index (κ1) is 14.9. The second-order valence-corrected chi connectivity index (χ2v) is 6.20. The third-order valence-corrected chi connectivity index (χ3v) is 4.62. The van der Waals surface area contributed by atoms with E-state index in [2.05, 4.69) is 35.6 Å². The molecule has 3 heteroatoms. The number of nitrogens with one attached hydrogen (secondary N) is 1. The van der Waals surface area contributed by atoms with Crippen LogP contribution in [0, 0.1) is 0 Å². The molecule has 3 nitrogen and oxygen atoms in total. The molecule has 0 radical (unpaired) electrons. The van der Waals surface area contributed by atoms with E-state index < -0.39 is 0 Å². The smallest absolute Gasteiger partial charge is 0.220 e. The minimum absolute atomic E-state index is 0.106. The van der Waals surface area contributed by atoms with Crippen LogP contribution in [-0.4, -0.2) is 19.6 Å². The summed E-state index contributed by atoms with van der Waals surface area (Å²) in [7, 11) is 1.70. The minimum Gasteiger partial charge on any atom is -0.497 e. The van der Waals surface area contributed by atoms with Gasteiger partial charge in [0.2, 0.25) is 5.91 Å². The number of carbonyl (C=O) groups excluding carboxylic acids is 1. The van der Waals surface area contributed by atoms with Gasteiger partial charge in [0.25, 0.3) is 0 Å². The van der Waals surface area contributed by atoms with Crippen LogP contribution in [0.25, 0.3) is 10.8 Å². The first-order valence-corrected chi connectivity index (χ1v) is 8.02. The molecular formula is C19H23NO2. The predicted octanol–water partition coefficient (Wildman–Crippen LogP) is 3.80. The summed E-state index contributed by atoms with van der Waals surface area (Å²) >= 11 is 0. The fourth-order valence-corrected chi connectivity index (χ4v) is 3.12. The molecule has 0 unspecified atom stereocenters. The van der Waals surface area contributed by atoms with Crippen molar-refractivity contribution < 1.29 is 9.53 Å². The zero-order valence-electron chi connectivity index (χ0n) is 13.3. The summed E-state index contributed by atoms with van der Waals surface area (Å²) in [6, 6.07) is 12.6. The maximum atomic E-state index is 11.8. The van der Waals surface area contributed by atoms with Crippen molar-refractivity contribution >= 4 is 16.7 Å². The van der Waals surface area contributed by atoms with Crippen LogP contribution in [0.2, 0.25) is 0 Å². The second kappa shape index (κ2) is 5.99. The van der Waals surface area contributed by atoms with Gasteiger partial charge in [-0.2, -0.15) is 0 Å². The lowest BCUT2D eigenvalue weighted by Crippen LogP contribution is -2.32. The summed E-state index contributed by atoms with van der Waals surface area (Å²) in [5.74, 6) is 1.04. The highest BCUT2D eigenvalue weighted by Crippen LogP contribution is 2.50. The number of hydrogen-bond acceptors (Lipinski definition) is 2. The summed E-state index contributed by atoms with van der Waals surface area (Å²) in [6.07, 6.45) is 3.77. The van der Waals surface area contributed by atoms with Gasteiger partial charge >= 0.3 is 0 Å². The van der Waals surface area contributed by atoms with Crippen molar-refractivity contribution in [3.8, 4) is 5.75 Å². The van der Waals surface area contributed by atoms with Crippen molar-refractivity contribution in [2.24, 2.45) is 0 Å². The zero-order chi connectivity index (χ0) is 15.6. The topological polar surface area (TPSA) is 38.3 Å². The fourth-order valence-electron chi connectivity index (χ4n) is 3.12. The molecule has 0 saturated heterocycles. The van der Waals surface area contributed by atoms with E-state index in [1.807, 2.05) is 13.0 Å². The van der Waals surface area contributed by atoms with Gasteiger partial charge in [0, 0.05) is 18.4 Å². The number of amides is 1. The van der Waals surface area contributed by atoms with Crippen molar-refractivity contribution in [3.05, 3.63) is 42.0 Å². The highest BCUT2D eigenvalue weighted by Gasteiger charge is 2.45. The first-order chi connectivity index (χ1) is 10.7. The van der Waals surface area contributed by atoms with Gasteiger partial charge in [0.05, 0.1) is 7.11 Å². The van der Waals surface area contributed by atoms with Crippen LogP contribution in [0.4, 0.5) is 0 Å². The lowest BCUT2D eigenvalue weighted by molar-refractivity contribution is -0.121. The van der Waals surface area contributed by atoms with E-state index >= 15 is 0 Å². The van der Waals surface area contributed by atoms with E-state index in [9.17, 15) is 4.79 Å². The Bertz CT molecular complexity index is 689. The van der Waals surface area contributed by atoms with Crippen molar-refractivity contribution in [1.29, 1.82) is 0 Å². The van der Waals surface area contributed by atoms with Gasteiger partial charge in [-0.05, 0) is 47.7 Å². The van der Waals surface area contributed by atoms with Gasteiger partial charge in [-0.3, -0.25) is 4.79 Å². The molecule has 116 valence electrons. The van der Waals surface area contributed by atoms with Gasteiger partial charge in [-0.1, -0.05) is 31.2 Å². The molecule has 0 aromatic heterocycles. The lowest BCUT2D eigenvalue weighted by Gasteiger charge is -2.19. The third-order valence-electron chi connectivity index (χ3n) is 4.62. The van der Waals surface area contributed by atoms with Crippen LogP contribution in [0.15, 0.2) is 36.4 Å². The number of carbonyl (C=O) groups is 1. The number of fused-ring (bicyclic) bond motifs is 1. The Hall–Kier alpha value is -2.03. The molecule has 1 amide bonds. The minimum atomic E-state index is 0.106. The quantitative estimate of drug-likeness (QED) is 0.881. The maximum Gasteiger partial charge on any atom is 0.220 e. The molecule has 1 aliphatic rings. The summed E-state index contributed by atoms with van der Waals surface area (Å²) in [4.78, 5) is 11.8. The first-order valence-electron chi connectivity index (χ1n) is 8.02. The Morgan fingerprint density at radius 1 is 1.27 bits per heavy atom.